The van der Waals surface area contributed by atoms with Gasteiger partial charge in [0.05, 0.1) is 12.6 Å². The minimum absolute atomic E-state index is 0.293. The lowest BCUT2D eigenvalue weighted by Crippen LogP contribution is -2.42. The summed E-state index contributed by atoms with van der Waals surface area (Å²) < 4.78 is 6.18. The predicted molar refractivity (Wildman–Crippen MR) is 77.5 cm³/mol. The van der Waals surface area contributed by atoms with Gasteiger partial charge in [-0.25, -0.2) is 0 Å². The second-order valence-corrected chi connectivity index (χ2v) is 11.2. The molecule has 0 unspecified atom stereocenters. The van der Waals surface area contributed by atoms with Crippen molar-refractivity contribution in [3.8, 4) is 0 Å². The molecule has 0 aromatic heterocycles. The number of nitrogens with zero attached hydrogens (tertiary/aromatic N) is 1. The van der Waals surface area contributed by atoms with Gasteiger partial charge in [-0.2, -0.15) is 12.6 Å². The molecule has 0 radical (unpaired) electrons. The lowest BCUT2D eigenvalue weighted by atomic mass is 10.2. The van der Waals surface area contributed by atoms with Crippen molar-refractivity contribution in [3.05, 3.63) is 0 Å². The molecule has 0 fully saturated rings. The van der Waals surface area contributed by atoms with E-state index < -0.39 is 8.32 Å². The topological polar surface area (TPSA) is 21.6 Å². The highest BCUT2D eigenvalue weighted by molar-refractivity contribution is 7.81. The van der Waals surface area contributed by atoms with Crippen molar-refractivity contribution in [1.82, 2.24) is 0 Å². The summed E-state index contributed by atoms with van der Waals surface area (Å²) in [7, 11) is -1.59. The fourth-order valence-electron chi connectivity index (χ4n) is 1.48. The second-order valence-electron chi connectivity index (χ2n) is 6.12. The first-order valence-corrected chi connectivity index (χ1v) is 9.61. The maximum atomic E-state index is 6.18. The summed E-state index contributed by atoms with van der Waals surface area (Å²) in [4.78, 5) is 4.63. The van der Waals surface area contributed by atoms with Crippen LogP contribution >= 0.6 is 12.6 Å². The molecule has 0 spiro atoms. The van der Waals surface area contributed by atoms with Gasteiger partial charge in [-0.15, -0.1) is 0 Å². The molecular weight excluding hydrogens is 234 g/mol. The first-order chi connectivity index (χ1) is 7.26. The van der Waals surface area contributed by atoms with Crippen LogP contribution in [0.4, 0.5) is 0 Å². The van der Waals surface area contributed by atoms with Crippen LogP contribution in [0.5, 0.6) is 0 Å². The molecule has 0 N–H and O–H groups in total. The molecule has 0 aromatic rings. The van der Waals surface area contributed by atoms with Gasteiger partial charge in [0.1, 0.15) is 0 Å². The van der Waals surface area contributed by atoms with Crippen molar-refractivity contribution >= 4 is 26.7 Å². The Morgan fingerprint density at radius 3 is 2.50 bits per heavy atom. The molecule has 0 amide bonds. The van der Waals surface area contributed by atoms with Crippen LogP contribution in [0.15, 0.2) is 4.99 Å². The van der Waals surface area contributed by atoms with Crippen molar-refractivity contribution < 1.29 is 4.43 Å². The van der Waals surface area contributed by atoms with Crippen molar-refractivity contribution in [2.75, 3.05) is 12.4 Å². The Labute approximate surface area is 106 Å². The molecule has 1 atom stereocenters. The molecule has 2 nitrogen and oxygen atoms in total. The summed E-state index contributed by atoms with van der Waals surface area (Å²) in [5.41, 5.74) is 1.24. The third kappa shape index (κ3) is 3.60. The third-order valence-corrected chi connectivity index (χ3v) is 8.62. The second kappa shape index (κ2) is 5.23. The molecule has 0 saturated heterocycles. The molecule has 94 valence electrons. The van der Waals surface area contributed by atoms with Gasteiger partial charge < -0.3 is 4.43 Å². The first-order valence-electron chi connectivity index (χ1n) is 6.06. The SMILES string of the molecule is CC(C)(C)[Si](C)(C)OC[C@@H]1CCC(CS)=N1. The highest BCUT2D eigenvalue weighted by atomic mass is 32.1. The minimum atomic E-state index is -1.59. The van der Waals surface area contributed by atoms with E-state index in [4.69, 9.17) is 4.43 Å². The Morgan fingerprint density at radius 2 is 2.06 bits per heavy atom. The maximum absolute atomic E-state index is 6.18. The number of aliphatic imine (C=N–C) groups is 1. The van der Waals surface area contributed by atoms with Crippen molar-refractivity contribution in [1.29, 1.82) is 0 Å². The fraction of sp³-hybridized carbons (Fsp3) is 0.917. The van der Waals surface area contributed by atoms with Crippen molar-refractivity contribution in [2.24, 2.45) is 4.99 Å². The molecule has 0 saturated carbocycles. The van der Waals surface area contributed by atoms with E-state index in [0.29, 0.717) is 11.1 Å². The zero-order valence-corrected chi connectivity index (χ0v) is 13.1. The molecule has 1 rings (SSSR count). The number of thiol groups is 1. The summed E-state index contributed by atoms with van der Waals surface area (Å²) in [5, 5.41) is 0.293. The predicted octanol–water partition coefficient (Wildman–Crippen LogP) is 3.54. The number of hydrogen-bond acceptors (Lipinski definition) is 3. The van der Waals surface area contributed by atoms with Crippen LogP contribution in [0.2, 0.25) is 18.1 Å². The Kier molecular flexibility index (Phi) is 4.66. The van der Waals surface area contributed by atoms with Crippen LogP contribution in [0.1, 0.15) is 33.6 Å². The van der Waals surface area contributed by atoms with Crippen LogP contribution in [-0.4, -0.2) is 32.4 Å². The monoisotopic (exact) mass is 259 g/mol. The largest absolute Gasteiger partial charge is 0.415 e. The minimum Gasteiger partial charge on any atom is -0.415 e. The molecule has 0 aromatic carbocycles. The maximum Gasteiger partial charge on any atom is 0.192 e. The van der Waals surface area contributed by atoms with Crippen molar-refractivity contribution in [3.63, 3.8) is 0 Å². The van der Waals surface area contributed by atoms with Crippen molar-refractivity contribution in [2.45, 2.75) is 57.8 Å². The van der Waals surface area contributed by atoms with E-state index in [9.17, 15) is 0 Å². The van der Waals surface area contributed by atoms with Gasteiger partial charge in [-0.1, -0.05) is 20.8 Å². The Balaban J connectivity index is 2.44. The Bertz CT molecular complexity index is 271. The molecule has 1 heterocycles. The van der Waals surface area contributed by atoms with E-state index in [2.05, 4.69) is 51.5 Å². The Hall–Kier alpha value is 0.197. The molecule has 0 bridgehead atoms. The van der Waals surface area contributed by atoms with Crippen LogP contribution in [0, 0.1) is 0 Å². The van der Waals surface area contributed by atoms with Crippen LogP contribution in [0.25, 0.3) is 0 Å². The van der Waals surface area contributed by atoms with Crippen LogP contribution in [0.3, 0.4) is 0 Å². The molecule has 1 aliphatic rings. The summed E-state index contributed by atoms with van der Waals surface area (Å²) in [6.45, 7) is 12.2. The van der Waals surface area contributed by atoms with Gasteiger partial charge in [-0.05, 0) is 31.0 Å². The third-order valence-electron chi connectivity index (χ3n) is 3.76. The normalized spacial score (nSPS) is 22.4. The number of hydrogen-bond donors (Lipinski definition) is 1. The zero-order chi connectivity index (χ0) is 12.4. The summed E-state index contributed by atoms with van der Waals surface area (Å²) in [5.74, 6) is 0.802. The zero-order valence-electron chi connectivity index (χ0n) is 11.2. The van der Waals surface area contributed by atoms with Gasteiger partial charge in [0.25, 0.3) is 0 Å². The van der Waals surface area contributed by atoms with Gasteiger partial charge in [-0.3, -0.25) is 4.99 Å². The molecular formula is C12H25NOSSi. The molecule has 4 heteroatoms. The Morgan fingerprint density at radius 1 is 1.44 bits per heavy atom. The van der Waals surface area contributed by atoms with Gasteiger partial charge in [0.15, 0.2) is 8.32 Å². The van der Waals surface area contributed by atoms with Crippen LogP contribution < -0.4 is 0 Å². The number of rotatable bonds is 4. The highest BCUT2D eigenvalue weighted by Crippen LogP contribution is 2.36. The lowest BCUT2D eigenvalue weighted by molar-refractivity contribution is 0.263. The summed E-state index contributed by atoms with van der Waals surface area (Å²) >= 11 is 4.26. The smallest absolute Gasteiger partial charge is 0.192 e. The van der Waals surface area contributed by atoms with E-state index in [0.717, 1.165) is 25.2 Å². The summed E-state index contributed by atoms with van der Waals surface area (Å²) in [6.07, 6.45) is 2.25. The van der Waals surface area contributed by atoms with E-state index in [-0.39, 0.29) is 0 Å². The molecule has 0 aliphatic carbocycles. The first kappa shape index (κ1) is 14.3. The average Bonchev–Trinajstić information content (AvgIpc) is 2.60. The van der Waals surface area contributed by atoms with E-state index in [1.807, 2.05) is 0 Å². The standard InChI is InChI=1S/C12H25NOSSi/c1-12(2,3)16(4,5)14-8-10-6-7-11(9-15)13-10/h10,15H,6-9H2,1-5H3/t10-/m0/s1. The highest BCUT2D eigenvalue weighted by Gasteiger charge is 2.37. The van der Waals surface area contributed by atoms with E-state index >= 15 is 0 Å². The summed E-state index contributed by atoms with van der Waals surface area (Å²) in [6, 6.07) is 0.385. The van der Waals surface area contributed by atoms with Gasteiger partial charge in [0, 0.05) is 11.5 Å². The van der Waals surface area contributed by atoms with E-state index in [1.54, 1.807) is 0 Å². The van der Waals surface area contributed by atoms with Gasteiger partial charge in [0.2, 0.25) is 0 Å². The average molecular weight is 259 g/mol. The lowest BCUT2D eigenvalue weighted by Gasteiger charge is -2.36. The quantitative estimate of drug-likeness (QED) is 0.605. The van der Waals surface area contributed by atoms with Crippen LogP contribution in [-0.2, 0) is 4.43 Å². The molecule has 1 aliphatic heterocycles. The molecule has 16 heavy (non-hydrogen) atoms. The van der Waals surface area contributed by atoms with E-state index in [1.165, 1.54) is 5.71 Å². The van der Waals surface area contributed by atoms with Gasteiger partial charge >= 0.3 is 0 Å². The fourth-order valence-corrected chi connectivity index (χ4v) is 2.76.